The van der Waals surface area contributed by atoms with Crippen LogP contribution in [0.4, 0.5) is 4.39 Å². The van der Waals surface area contributed by atoms with Crippen molar-refractivity contribution in [3.05, 3.63) is 0 Å². The highest BCUT2D eigenvalue weighted by atomic mass is 19.1. The fourth-order valence-electron chi connectivity index (χ4n) is 1.32. The van der Waals surface area contributed by atoms with E-state index in [1.54, 1.807) is 0 Å². The minimum Gasteiger partial charge on any atom is -0.456 e. The van der Waals surface area contributed by atoms with Gasteiger partial charge in [0, 0.05) is 6.92 Å². The van der Waals surface area contributed by atoms with Gasteiger partial charge < -0.3 is 19.7 Å². The molecule has 1 saturated heterocycles. The number of aliphatic hydroxyl groups is 2. The topological polar surface area (TPSA) is 76.0 Å². The summed E-state index contributed by atoms with van der Waals surface area (Å²) in [7, 11) is 0. The van der Waals surface area contributed by atoms with Crippen LogP contribution in [0.3, 0.4) is 0 Å². The number of carbonyl (C=O) groups is 1. The van der Waals surface area contributed by atoms with Gasteiger partial charge in [0.1, 0.15) is 6.10 Å². The summed E-state index contributed by atoms with van der Waals surface area (Å²) in [5.41, 5.74) is 0. The van der Waals surface area contributed by atoms with Crippen LogP contribution in [-0.4, -0.2) is 47.0 Å². The van der Waals surface area contributed by atoms with Crippen molar-refractivity contribution >= 4 is 5.97 Å². The number of rotatable bonds is 1. The van der Waals surface area contributed by atoms with E-state index in [4.69, 9.17) is 5.11 Å². The van der Waals surface area contributed by atoms with Gasteiger partial charge in [0.25, 0.3) is 0 Å². The van der Waals surface area contributed by atoms with Gasteiger partial charge in [-0.2, -0.15) is 0 Å². The lowest BCUT2D eigenvalue weighted by Crippen LogP contribution is -2.56. The molecular weight excluding hydrogens is 195 g/mol. The SMILES string of the molecule is CC(=O)O[C@H]1C(F)C(O)O[C@@H](C)[C@H]1O. The van der Waals surface area contributed by atoms with Crippen molar-refractivity contribution < 1.29 is 28.9 Å². The molecule has 2 unspecified atom stereocenters. The molecule has 0 spiro atoms. The Balaban J connectivity index is 2.71. The van der Waals surface area contributed by atoms with Crippen LogP contribution in [0.25, 0.3) is 0 Å². The summed E-state index contributed by atoms with van der Waals surface area (Å²) >= 11 is 0. The molecule has 1 rings (SSSR count). The maximum absolute atomic E-state index is 13.2. The standard InChI is InChI=1S/C8H13FO5/c1-3-6(11)7(14-4(2)10)5(9)8(12)13-3/h3,5-8,11-12H,1-2H3/t3-,5?,6+,7-,8?/m0/s1. The van der Waals surface area contributed by atoms with Crippen molar-refractivity contribution in [2.45, 2.75) is 44.6 Å². The van der Waals surface area contributed by atoms with E-state index in [1.807, 2.05) is 0 Å². The highest BCUT2D eigenvalue weighted by Gasteiger charge is 2.45. The highest BCUT2D eigenvalue weighted by molar-refractivity contribution is 5.66. The number of carbonyl (C=O) groups excluding carboxylic acids is 1. The van der Waals surface area contributed by atoms with Crippen molar-refractivity contribution in [1.29, 1.82) is 0 Å². The summed E-state index contributed by atoms with van der Waals surface area (Å²) in [6, 6.07) is 0. The molecule has 5 atom stereocenters. The fourth-order valence-corrected chi connectivity index (χ4v) is 1.32. The molecule has 2 N–H and O–H groups in total. The van der Waals surface area contributed by atoms with Gasteiger partial charge in [-0.25, -0.2) is 4.39 Å². The predicted molar refractivity (Wildman–Crippen MR) is 43.0 cm³/mol. The second-order valence-corrected chi connectivity index (χ2v) is 3.24. The zero-order valence-electron chi connectivity index (χ0n) is 7.88. The largest absolute Gasteiger partial charge is 0.456 e. The summed E-state index contributed by atoms with van der Waals surface area (Å²) < 4.78 is 22.4. The van der Waals surface area contributed by atoms with Gasteiger partial charge in [0.05, 0.1) is 6.10 Å². The van der Waals surface area contributed by atoms with Crippen molar-refractivity contribution in [3.8, 4) is 0 Å². The Morgan fingerprint density at radius 3 is 2.57 bits per heavy atom. The third-order valence-corrected chi connectivity index (χ3v) is 2.06. The number of halogens is 1. The number of hydrogen-bond acceptors (Lipinski definition) is 5. The maximum atomic E-state index is 13.2. The van der Waals surface area contributed by atoms with Crippen molar-refractivity contribution in [2.75, 3.05) is 0 Å². The van der Waals surface area contributed by atoms with E-state index in [0.717, 1.165) is 6.92 Å². The summed E-state index contributed by atoms with van der Waals surface area (Å²) in [6.07, 6.45) is -7.01. The summed E-state index contributed by atoms with van der Waals surface area (Å²) in [5, 5.41) is 18.5. The Kier molecular flexibility index (Phi) is 3.41. The van der Waals surface area contributed by atoms with E-state index in [9.17, 15) is 14.3 Å². The van der Waals surface area contributed by atoms with E-state index in [2.05, 4.69) is 9.47 Å². The quantitative estimate of drug-likeness (QED) is 0.560. The van der Waals surface area contributed by atoms with E-state index in [1.165, 1.54) is 6.92 Å². The maximum Gasteiger partial charge on any atom is 0.303 e. The lowest BCUT2D eigenvalue weighted by molar-refractivity contribution is -0.265. The van der Waals surface area contributed by atoms with Gasteiger partial charge in [-0.05, 0) is 6.92 Å². The van der Waals surface area contributed by atoms with E-state index in [0.29, 0.717) is 0 Å². The zero-order valence-corrected chi connectivity index (χ0v) is 7.88. The number of ether oxygens (including phenoxy) is 2. The summed E-state index contributed by atoms with van der Waals surface area (Å²) in [6.45, 7) is 2.56. The van der Waals surface area contributed by atoms with E-state index < -0.39 is 36.7 Å². The van der Waals surface area contributed by atoms with E-state index >= 15 is 0 Å². The van der Waals surface area contributed by atoms with Gasteiger partial charge in [0.15, 0.2) is 18.6 Å². The van der Waals surface area contributed by atoms with Gasteiger partial charge in [0.2, 0.25) is 0 Å². The number of aliphatic hydroxyl groups excluding tert-OH is 2. The first-order chi connectivity index (χ1) is 6.43. The van der Waals surface area contributed by atoms with Gasteiger partial charge >= 0.3 is 5.97 Å². The van der Waals surface area contributed by atoms with Crippen LogP contribution in [-0.2, 0) is 14.3 Å². The first-order valence-electron chi connectivity index (χ1n) is 4.26. The molecule has 1 aliphatic heterocycles. The third kappa shape index (κ3) is 2.20. The molecule has 0 aliphatic carbocycles. The van der Waals surface area contributed by atoms with Crippen LogP contribution < -0.4 is 0 Å². The van der Waals surface area contributed by atoms with Gasteiger partial charge in [-0.3, -0.25) is 4.79 Å². The number of alkyl halides is 1. The average Bonchev–Trinajstić information content (AvgIpc) is 2.09. The Morgan fingerprint density at radius 1 is 1.50 bits per heavy atom. The average molecular weight is 208 g/mol. The molecule has 14 heavy (non-hydrogen) atoms. The molecule has 1 aliphatic rings. The fraction of sp³-hybridized carbons (Fsp3) is 0.875. The predicted octanol–water partition coefficient (Wildman–Crippen LogP) is -0.646. The molecule has 1 heterocycles. The minimum atomic E-state index is -1.93. The van der Waals surface area contributed by atoms with Crippen LogP contribution in [0.2, 0.25) is 0 Å². The lowest BCUT2D eigenvalue weighted by Gasteiger charge is -2.37. The third-order valence-electron chi connectivity index (χ3n) is 2.06. The van der Waals surface area contributed by atoms with Crippen LogP contribution >= 0.6 is 0 Å². The molecule has 0 bridgehead atoms. The summed E-state index contributed by atoms with van der Waals surface area (Å²) in [4.78, 5) is 10.6. The Morgan fingerprint density at radius 2 is 2.07 bits per heavy atom. The first kappa shape index (κ1) is 11.4. The number of hydrogen-bond donors (Lipinski definition) is 2. The molecule has 0 aromatic carbocycles. The molecule has 0 aromatic heterocycles. The monoisotopic (exact) mass is 208 g/mol. The second-order valence-electron chi connectivity index (χ2n) is 3.24. The molecule has 0 radical (unpaired) electrons. The van der Waals surface area contributed by atoms with Crippen LogP contribution in [0.1, 0.15) is 13.8 Å². The Labute approximate surface area is 80.4 Å². The van der Waals surface area contributed by atoms with Crippen LogP contribution in [0, 0.1) is 0 Å². The molecule has 0 amide bonds. The lowest BCUT2D eigenvalue weighted by atomic mass is 10.0. The molecule has 1 fully saturated rings. The minimum absolute atomic E-state index is 0.710. The van der Waals surface area contributed by atoms with Crippen molar-refractivity contribution in [2.24, 2.45) is 0 Å². The zero-order chi connectivity index (χ0) is 10.9. The Hall–Kier alpha value is -0.720. The van der Waals surface area contributed by atoms with E-state index in [-0.39, 0.29) is 0 Å². The molecule has 0 aromatic rings. The smallest absolute Gasteiger partial charge is 0.303 e. The van der Waals surface area contributed by atoms with Crippen LogP contribution in [0.15, 0.2) is 0 Å². The van der Waals surface area contributed by atoms with Gasteiger partial charge in [-0.15, -0.1) is 0 Å². The molecule has 0 saturated carbocycles. The van der Waals surface area contributed by atoms with Crippen LogP contribution in [0.5, 0.6) is 0 Å². The molecule has 82 valence electrons. The van der Waals surface area contributed by atoms with Crippen molar-refractivity contribution in [3.63, 3.8) is 0 Å². The number of esters is 1. The molecule has 6 heteroatoms. The van der Waals surface area contributed by atoms with Crippen molar-refractivity contribution in [1.82, 2.24) is 0 Å². The highest BCUT2D eigenvalue weighted by Crippen LogP contribution is 2.24. The summed E-state index contributed by atoms with van der Waals surface area (Å²) in [5.74, 6) is -0.710. The normalized spacial score (nSPS) is 43.4. The second kappa shape index (κ2) is 4.20. The molecular formula is C8H13FO5. The Bertz CT molecular complexity index is 208. The molecule has 5 nitrogen and oxygen atoms in total. The van der Waals surface area contributed by atoms with Gasteiger partial charge in [-0.1, -0.05) is 0 Å². The first-order valence-corrected chi connectivity index (χ1v) is 4.26.